The lowest BCUT2D eigenvalue weighted by atomic mass is 10.3. The summed E-state index contributed by atoms with van der Waals surface area (Å²) in [7, 11) is 0.0320. The van der Waals surface area contributed by atoms with Gasteiger partial charge in [0.15, 0.2) is 5.75 Å². The lowest BCUT2D eigenvalue weighted by Gasteiger charge is -2.13. The Balaban J connectivity index is 2.64. The maximum absolute atomic E-state index is 5.64. The monoisotopic (exact) mass is 185 g/mol. The molecular formula is C9H14O2P+. The maximum Gasteiger partial charge on any atom is 0.313 e. The average Bonchev–Trinajstić information content (AvgIpc) is 2.06. The quantitative estimate of drug-likeness (QED) is 0.674. The number of hydrogen-bond acceptors (Lipinski definition) is 2. The van der Waals surface area contributed by atoms with Crippen LogP contribution in [-0.2, 0) is 4.52 Å². The normalized spacial score (nSPS) is 11.2. The highest BCUT2D eigenvalue weighted by molar-refractivity contribution is 7.65. The summed E-state index contributed by atoms with van der Waals surface area (Å²) in [6, 6.07) is 9.72. The SMILES string of the molecule is CO[P+](C)(C)Oc1ccccc1. The first-order chi connectivity index (χ1) is 5.64. The van der Waals surface area contributed by atoms with Crippen LogP contribution in [0.25, 0.3) is 0 Å². The lowest BCUT2D eigenvalue weighted by molar-refractivity contribution is 0.382. The second kappa shape index (κ2) is 3.88. The summed E-state index contributed by atoms with van der Waals surface area (Å²) >= 11 is 0. The molecule has 0 aliphatic rings. The van der Waals surface area contributed by atoms with Crippen LogP contribution in [0.1, 0.15) is 0 Å². The van der Waals surface area contributed by atoms with E-state index in [1.165, 1.54) is 0 Å². The predicted molar refractivity (Wildman–Crippen MR) is 52.8 cm³/mol. The van der Waals surface area contributed by atoms with Gasteiger partial charge >= 0.3 is 7.72 Å². The van der Waals surface area contributed by atoms with Crippen molar-refractivity contribution in [2.75, 3.05) is 20.4 Å². The smallest absolute Gasteiger partial charge is 0.313 e. The molecule has 0 saturated carbocycles. The van der Waals surface area contributed by atoms with Crippen molar-refractivity contribution in [3.8, 4) is 5.75 Å². The third-order valence-electron chi connectivity index (χ3n) is 1.51. The molecule has 0 amide bonds. The molecule has 1 aromatic carbocycles. The van der Waals surface area contributed by atoms with E-state index in [1.54, 1.807) is 7.11 Å². The molecule has 12 heavy (non-hydrogen) atoms. The highest BCUT2D eigenvalue weighted by Crippen LogP contribution is 2.52. The molecule has 0 heterocycles. The third-order valence-corrected chi connectivity index (χ3v) is 3.04. The highest BCUT2D eigenvalue weighted by atomic mass is 31.2. The van der Waals surface area contributed by atoms with Gasteiger partial charge in [-0.05, 0) is 12.1 Å². The summed E-state index contributed by atoms with van der Waals surface area (Å²) in [5.74, 6) is 0.873. The molecule has 0 radical (unpaired) electrons. The Morgan fingerprint density at radius 3 is 2.17 bits per heavy atom. The Morgan fingerprint density at radius 1 is 1.08 bits per heavy atom. The van der Waals surface area contributed by atoms with Gasteiger partial charge in [0, 0.05) is 0 Å². The molecule has 0 bridgehead atoms. The van der Waals surface area contributed by atoms with E-state index in [9.17, 15) is 0 Å². The summed E-state index contributed by atoms with van der Waals surface area (Å²) in [5, 5.41) is 0. The fourth-order valence-electron chi connectivity index (χ4n) is 0.772. The van der Waals surface area contributed by atoms with Gasteiger partial charge in [0.25, 0.3) is 0 Å². The molecule has 3 heteroatoms. The molecule has 0 aliphatic carbocycles. The number of hydrogen-bond donors (Lipinski definition) is 0. The first-order valence-corrected chi connectivity index (χ1v) is 6.30. The van der Waals surface area contributed by atoms with E-state index in [-0.39, 0.29) is 0 Å². The molecule has 0 spiro atoms. The van der Waals surface area contributed by atoms with E-state index in [1.807, 2.05) is 43.7 Å². The van der Waals surface area contributed by atoms with Gasteiger partial charge in [0.05, 0.1) is 7.11 Å². The van der Waals surface area contributed by atoms with Gasteiger partial charge in [-0.1, -0.05) is 18.2 Å². The zero-order chi connectivity index (χ0) is 9.03. The summed E-state index contributed by atoms with van der Waals surface area (Å²) in [6.07, 6.45) is 0. The van der Waals surface area contributed by atoms with Crippen LogP contribution >= 0.6 is 7.72 Å². The highest BCUT2D eigenvalue weighted by Gasteiger charge is 2.27. The average molecular weight is 185 g/mol. The van der Waals surface area contributed by atoms with Crippen molar-refractivity contribution in [3.63, 3.8) is 0 Å². The Labute approximate surface area is 74.0 Å². The fourth-order valence-corrected chi connectivity index (χ4v) is 1.48. The Hall–Kier alpha value is -0.590. The molecule has 2 nitrogen and oxygen atoms in total. The van der Waals surface area contributed by atoms with Crippen molar-refractivity contribution in [3.05, 3.63) is 30.3 Å². The van der Waals surface area contributed by atoms with Crippen LogP contribution in [-0.4, -0.2) is 20.4 Å². The summed E-state index contributed by atoms with van der Waals surface area (Å²) in [5.41, 5.74) is 0. The molecule has 0 N–H and O–H groups in total. The van der Waals surface area contributed by atoms with Crippen LogP contribution in [0.2, 0.25) is 0 Å². The maximum atomic E-state index is 5.64. The molecule has 1 rings (SSSR count). The van der Waals surface area contributed by atoms with Gasteiger partial charge in [0.1, 0.15) is 13.3 Å². The van der Waals surface area contributed by atoms with Crippen molar-refractivity contribution >= 4 is 7.72 Å². The second-order valence-corrected chi connectivity index (χ2v) is 5.89. The van der Waals surface area contributed by atoms with Crippen LogP contribution < -0.4 is 4.52 Å². The predicted octanol–water partition coefficient (Wildman–Crippen LogP) is 2.82. The minimum Gasteiger partial charge on any atom is -0.320 e. The number of benzene rings is 1. The minimum atomic E-state index is -1.65. The molecule has 0 fully saturated rings. The van der Waals surface area contributed by atoms with E-state index in [4.69, 9.17) is 9.05 Å². The molecule has 0 unspecified atom stereocenters. The zero-order valence-electron chi connectivity index (χ0n) is 7.65. The molecule has 1 aromatic rings. The van der Waals surface area contributed by atoms with E-state index < -0.39 is 7.72 Å². The van der Waals surface area contributed by atoms with Crippen molar-refractivity contribution in [1.82, 2.24) is 0 Å². The van der Waals surface area contributed by atoms with E-state index in [0.29, 0.717) is 0 Å². The van der Waals surface area contributed by atoms with E-state index in [0.717, 1.165) is 5.75 Å². The second-order valence-electron chi connectivity index (χ2n) is 2.84. The van der Waals surface area contributed by atoms with Gasteiger partial charge < -0.3 is 4.52 Å². The molecule has 0 atom stereocenters. The molecular weight excluding hydrogens is 171 g/mol. The lowest BCUT2D eigenvalue weighted by Crippen LogP contribution is -1.99. The van der Waals surface area contributed by atoms with Crippen LogP contribution in [0.5, 0.6) is 5.75 Å². The standard InChI is InChI=1S/C9H14O2P/c1-10-12(2,3)11-9-7-5-4-6-8-9/h4-8H,1-3H3/q+1. The van der Waals surface area contributed by atoms with Gasteiger partial charge in [-0.25, -0.2) is 4.52 Å². The van der Waals surface area contributed by atoms with Crippen LogP contribution in [0.4, 0.5) is 0 Å². The fraction of sp³-hybridized carbons (Fsp3) is 0.333. The van der Waals surface area contributed by atoms with Crippen molar-refractivity contribution < 1.29 is 9.05 Å². The number of para-hydroxylation sites is 1. The van der Waals surface area contributed by atoms with Gasteiger partial charge in [0.2, 0.25) is 0 Å². The van der Waals surface area contributed by atoms with Crippen LogP contribution in [0.15, 0.2) is 30.3 Å². The largest absolute Gasteiger partial charge is 0.320 e. The number of rotatable bonds is 3. The Kier molecular flexibility index (Phi) is 3.07. The third kappa shape index (κ3) is 2.80. The topological polar surface area (TPSA) is 18.5 Å². The van der Waals surface area contributed by atoms with Gasteiger partial charge in [-0.2, -0.15) is 0 Å². The molecule has 0 saturated heterocycles. The van der Waals surface area contributed by atoms with Crippen molar-refractivity contribution in [1.29, 1.82) is 0 Å². The van der Waals surface area contributed by atoms with Crippen molar-refractivity contribution in [2.45, 2.75) is 0 Å². The summed E-state index contributed by atoms with van der Waals surface area (Å²) < 4.78 is 10.9. The van der Waals surface area contributed by atoms with Crippen molar-refractivity contribution in [2.24, 2.45) is 0 Å². The Bertz CT molecular complexity index is 234. The minimum absolute atomic E-state index is 0.873. The molecule has 66 valence electrons. The Morgan fingerprint density at radius 2 is 1.67 bits per heavy atom. The first-order valence-electron chi connectivity index (χ1n) is 3.78. The summed E-state index contributed by atoms with van der Waals surface area (Å²) in [4.78, 5) is 0. The van der Waals surface area contributed by atoms with E-state index >= 15 is 0 Å². The van der Waals surface area contributed by atoms with Crippen LogP contribution in [0, 0.1) is 0 Å². The van der Waals surface area contributed by atoms with Gasteiger partial charge in [-0.3, -0.25) is 0 Å². The summed E-state index contributed by atoms with van der Waals surface area (Å²) in [6.45, 7) is 3.97. The van der Waals surface area contributed by atoms with Gasteiger partial charge in [-0.15, -0.1) is 0 Å². The zero-order valence-corrected chi connectivity index (χ0v) is 8.54. The molecule has 0 aliphatic heterocycles. The van der Waals surface area contributed by atoms with E-state index in [2.05, 4.69) is 0 Å². The van der Waals surface area contributed by atoms with Crippen LogP contribution in [0.3, 0.4) is 0 Å². The molecule has 0 aromatic heterocycles. The first kappa shape index (κ1) is 9.50.